The van der Waals surface area contributed by atoms with E-state index in [1.165, 1.54) is 0 Å². The number of aliphatic hydroxyl groups is 3. The summed E-state index contributed by atoms with van der Waals surface area (Å²) in [6.07, 6.45) is -18.8. The van der Waals surface area contributed by atoms with Crippen LogP contribution in [0.4, 0.5) is 0 Å². The molecule has 0 aliphatic carbocycles. The second-order valence-corrected chi connectivity index (χ2v) is 19.7. The third-order valence-electron chi connectivity index (χ3n) is 8.62. The molecule has 4 N–H and O–H groups in total. The topological polar surface area (TPSA) is 283 Å². The maximum atomic E-state index is 11.9. The Morgan fingerprint density at radius 2 is 1.36 bits per heavy atom. The number of benzene rings is 2. The zero-order valence-corrected chi connectivity index (χ0v) is 40.2. The van der Waals surface area contributed by atoms with Gasteiger partial charge in [-0.3, -0.25) is 4.18 Å². The molecular weight excluding hydrogens is 820 g/mol. The Hall–Kier alpha value is 0.547. The van der Waals surface area contributed by atoms with Crippen LogP contribution >= 0.6 is 0 Å². The largest absolute Gasteiger partial charge is 1.00 e. The predicted octanol–water partition coefficient (Wildman–Crippen LogP) is -12.1. The number of carboxylic acids is 1. The van der Waals surface area contributed by atoms with Crippen LogP contribution in [-0.2, 0) is 53.1 Å². The minimum absolute atomic E-state index is 0. The van der Waals surface area contributed by atoms with Crippen LogP contribution in [0.15, 0.2) is 60.7 Å². The van der Waals surface area contributed by atoms with Crippen molar-refractivity contribution in [2.24, 2.45) is 0 Å². The average molecular weight is 862 g/mol. The number of hydrogen-bond acceptors (Lipinski definition) is 17. The van der Waals surface area contributed by atoms with E-state index in [2.05, 4.69) is 4.18 Å². The first-order valence-corrected chi connectivity index (χ1v) is 20.8. The first-order valence-electron chi connectivity index (χ1n) is 16.2. The van der Waals surface area contributed by atoms with Gasteiger partial charge in [-0.2, -0.15) is 0 Å². The number of carboxylic acid groups (broad SMARTS) is 1. The molecule has 0 radical (unpaired) electrons. The number of nitrogens with one attached hydrogen (secondary N) is 1. The Labute approximate surface area is 387 Å². The number of hydrogen-bond donors (Lipinski definition) is 4. The fraction of sp³-hybridized carbons (Fsp3) is 0.581. The minimum Gasteiger partial charge on any atom is -0.735 e. The van der Waals surface area contributed by atoms with E-state index >= 15 is 0 Å². The van der Waals surface area contributed by atoms with Crippen molar-refractivity contribution in [3.63, 3.8) is 0 Å². The van der Waals surface area contributed by atoms with Crippen molar-refractivity contribution in [2.75, 3.05) is 13.2 Å². The van der Waals surface area contributed by atoms with Gasteiger partial charge in [0.1, 0.15) is 42.7 Å². The zero-order chi connectivity index (χ0) is 38.6. The summed E-state index contributed by atoms with van der Waals surface area (Å²) in [5, 5.41) is 45.5. The number of carbonyl (C=O) groups excluding carboxylic acids is 1. The molecule has 0 saturated carbocycles. The van der Waals surface area contributed by atoms with Gasteiger partial charge in [-0.25, -0.2) is 21.6 Å². The third-order valence-corrected chi connectivity index (χ3v) is 14.6. The van der Waals surface area contributed by atoms with Crippen molar-refractivity contribution in [3.05, 3.63) is 60.7 Å². The molecule has 2 fully saturated rings. The molecule has 292 valence electrons. The van der Waals surface area contributed by atoms with Gasteiger partial charge in [-0.05, 0) is 21.8 Å². The van der Waals surface area contributed by atoms with Gasteiger partial charge in [0.15, 0.2) is 29.0 Å². The Bertz CT molecular complexity index is 1670. The smallest absolute Gasteiger partial charge is 0.735 e. The summed E-state index contributed by atoms with van der Waals surface area (Å²) in [4.78, 5) is 11.8. The van der Waals surface area contributed by atoms with Crippen LogP contribution in [0.1, 0.15) is 34.1 Å². The third kappa shape index (κ3) is 13.5. The van der Waals surface area contributed by atoms with Crippen LogP contribution in [0.2, 0.25) is 5.04 Å². The van der Waals surface area contributed by atoms with Gasteiger partial charge in [-0.1, -0.05) is 88.4 Å². The quantitative estimate of drug-likeness (QED) is 0.0735. The van der Waals surface area contributed by atoms with E-state index in [1.54, 1.807) is 11.6 Å². The average Bonchev–Trinajstić information content (AvgIpc) is 3.05. The summed E-state index contributed by atoms with van der Waals surface area (Å²) in [6, 6.07) is 16.6. The molecule has 24 heteroatoms. The summed E-state index contributed by atoms with van der Waals surface area (Å²) in [5.74, 6) is -2.08. The van der Waals surface area contributed by atoms with Crippen LogP contribution in [0, 0.1) is 0 Å². The van der Waals surface area contributed by atoms with E-state index in [-0.39, 0.29) is 95.3 Å². The number of aliphatic hydroxyl groups excluding tert-OH is 3. The van der Waals surface area contributed by atoms with E-state index in [0.29, 0.717) is 6.42 Å². The van der Waals surface area contributed by atoms with Crippen molar-refractivity contribution >= 4 is 45.4 Å². The first kappa shape index (κ1) is 53.6. The summed E-state index contributed by atoms with van der Waals surface area (Å²) >= 11 is 0. The van der Waals surface area contributed by atoms with Crippen molar-refractivity contribution in [1.29, 1.82) is 0 Å². The minimum atomic E-state index is -5.69. The Balaban J connectivity index is 0.00000504. The molecule has 2 heterocycles. The number of carbonyl (C=O) groups is 1. The Kier molecular flexibility index (Phi) is 21.8. The molecule has 10 atom stereocenters. The van der Waals surface area contributed by atoms with Gasteiger partial charge >= 0.3 is 88.7 Å². The van der Waals surface area contributed by atoms with E-state index in [4.69, 9.17) is 23.4 Å². The molecule has 0 unspecified atom stereocenters. The molecule has 2 aromatic carbocycles. The molecule has 0 spiro atoms. The molecule has 18 nitrogen and oxygen atoms in total. The van der Waals surface area contributed by atoms with Gasteiger partial charge in [0, 0.05) is 6.61 Å². The summed E-state index contributed by atoms with van der Waals surface area (Å²) < 4.78 is 106. The molecule has 2 aliphatic heterocycles. The van der Waals surface area contributed by atoms with Crippen LogP contribution in [0.3, 0.4) is 0 Å². The van der Waals surface area contributed by atoms with E-state index in [0.717, 1.165) is 10.4 Å². The molecule has 2 aliphatic rings. The van der Waals surface area contributed by atoms with E-state index in [1.807, 2.05) is 81.4 Å². The molecule has 0 bridgehead atoms. The van der Waals surface area contributed by atoms with E-state index in [9.17, 15) is 51.2 Å². The van der Waals surface area contributed by atoms with Crippen LogP contribution in [-0.4, -0.2) is 130 Å². The second-order valence-electron chi connectivity index (χ2n) is 13.3. The summed E-state index contributed by atoms with van der Waals surface area (Å²) in [6.45, 7) is 7.10. The second kappa shape index (κ2) is 22.4. The Morgan fingerprint density at radius 3 is 1.80 bits per heavy atom. The SMILES string of the molecule is CCCO[C@@H]1O[C@H](CO[Si](c2ccccc2)(c2ccccc2)C(C)(C)C)[C@@H](O[C@@H]2O[C@@H](C(=O)[O-])[C@@H](O)[C@H](O)[C@H]2OS(=O)(=O)[O-])[C@H](O)[C@H]1NS(=O)(=O)[O-].[Na+].[Na+].[Na+]. The van der Waals surface area contributed by atoms with Gasteiger partial charge in [0.2, 0.25) is 10.4 Å². The van der Waals surface area contributed by atoms with Crippen LogP contribution in [0.5, 0.6) is 0 Å². The molecule has 0 amide bonds. The van der Waals surface area contributed by atoms with E-state index < -0.39 is 108 Å². The molecule has 2 saturated heterocycles. The number of ether oxygens (including phenoxy) is 4. The van der Waals surface area contributed by atoms with Crippen molar-refractivity contribution in [1.82, 2.24) is 4.72 Å². The van der Waals surface area contributed by atoms with Gasteiger partial charge < -0.3 is 57.7 Å². The molecule has 55 heavy (non-hydrogen) atoms. The first-order chi connectivity index (χ1) is 24.2. The molecule has 4 rings (SSSR count). The number of aliphatic carboxylic acids is 1. The fourth-order valence-electron chi connectivity index (χ4n) is 6.39. The molecule has 0 aromatic heterocycles. The normalized spacial score (nSPS) is 28.9. The van der Waals surface area contributed by atoms with Gasteiger partial charge in [0.25, 0.3) is 8.32 Å². The summed E-state index contributed by atoms with van der Waals surface area (Å²) in [5.41, 5.74) is 0. The van der Waals surface area contributed by atoms with Crippen LogP contribution in [0.25, 0.3) is 0 Å². The zero-order valence-electron chi connectivity index (χ0n) is 31.5. The van der Waals surface area contributed by atoms with Crippen molar-refractivity contribution in [2.45, 2.75) is 101 Å². The Morgan fingerprint density at radius 1 is 0.836 bits per heavy atom. The van der Waals surface area contributed by atoms with Crippen LogP contribution < -0.4 is 109 Å². The molecular formula is C31H42NNa3O17S2Si. The van der Waals surface area contributed by atoms with Crippen molar-refractivity contribution < 1.29 is 167 Å². The standard InChI is InChI=1S/C31H45NO17S2Si.3Na/c1-5-16-44-29-21(32-50(38,39)40)22(33)25(47-30-27(49-51(41,42)43)24(35)23(34)26(48-30)28(36)37)20(46-29)17-45-52(31(2,3)4,18-12-8-6-9-13-18)19-14-10-7-11-15-19;;;/h6-15,20-27,29-30,32-35H,5,16-17H2,1-4H3,(H,36,37)(H,38,39,40)(H,41,42,43);;;/q;3*+1/p-3/t20-,21-,22-,23+,24+,25-,26-,27-,29-,30-;;;/m1.../s1. The predicted molar refractivity (Wildman–Crippen MR) is 176 cm³/mol. The maximum absolute atomic E-state index is 11.9. The maximum Gasteiger partial charge on any atom is 1.00 e. The fourth-order valence-corrected chi connectivity index (χ4v) is 12.0. The monoisotopic (exact) mass is 861 g/mol. The van der Waals surface area contributed by atoms with Gasteiger partial charge in [-0.15, -0.1) is 0 Å². The number of rotatable bonds is 15. The van der Waals surface area contributed by atoms with Gasteiger partial charge in [0.05, 0.1) is 12.6 Å². The molecule has 2 aromatic rings. The summed E-state index contributed by atoms with van der Waals surface area (Å²) in [7, 11) is -14.4. The van der Waals surface area contributed by atoms with Crippen molar-refractivity contribution in [3.8, 4) is 0 Å².